The highest BCUT2D eigenvalue weighted by atomic mass is 16.5. The Bertz CT molecular complexity index is 149. The second-order valence-corrected chi connectivity index (χ2v) is 2.79. The summed E-state index contributed by atoms with van der Waals surface area (Å²) in [5.74, 6) is 0.126. The summed E-state index contributed by atoms with van der Waals surface area (Å²) in [6, 6.07) is 0.0949. The van der Waals surface area contributed by atoms with Crippen molar-refractivity contribution < 1.29 is 9.53 Å². The zero-order valence-corrected chi connectivity index (χ0v) is 6.67. The van der Waals surface area contributed by atoms with Gasteiger partial charge in [-0.3, -0.25) is 4.79 Å². The lowest BCUT2D eigenvalue weighted by Gasteiger charge is -2.01. The Morgan fingerprint density at radius 1 is 1.82 bits per heavy atom. The van der Waals surface area contributed by atoms with Gasteiger partial charge >= 0.3 is 0 Å². The first-order chi connectivity index (χ1) is 5.25. The van der Waals surface area contributed by atoms with E-state index in [4.69, 9.17) is 10.5 Å². The minimum atomic E-state index is 0.0619. The molecular weight excluding hydrogens is 144 g/mol. The van der Waals surface area contributed by atoms with E-state index in [9.17, 15) is 4.79 Å². The number of carbonyl (C=O) groups is 1. The Balaban J connectivity index is 2.03. The molecule has 4 heteroatoms. The molecule has 0 saturated heterocycles. The van der Waals surface area contributed by atoms with Crippen LogP contribution < -0.4 is 11.1 Å². The average molecular weight is 158 g/mol. The van der Waals surface area contributed by atoms with Gasteiger partial charge in [0.2, 0.25) is 5.91 Å². The highest BCUT2D eigenvalue weighted by molar-refractivity contribution is 5.82. The molecular formula is C7H14N2O2. The van der Waals surface area contributed by atoms with Crippen LogP contribution in [-0.4, -0.2) is 32.2 Å². The van der Waals surface area contributed by atoms with Crippen LogP contribution >= 0.6 is 0 Å². The monoisotopic (exact) mass is 158 g/mol. The van der Waals surface area contributed by atoms with Gasteiger partial charge in [-0.1, -0.05) is 0 Å². The van der Waals surface area contributed by atoms with Gasteiger partial charge in [-0.15, -0.1) is 0 Å². The van der Waals surface area contributed by atoms with Crippen LogP contribution in [0.5, 0.6) is 0 Å². The van der Waals surface area contributed by atoms with Crippen molar-refractivity contribution in [2.75, 3.05) is 20.3 Å². The van der Waals surface area contributed by atoms with E-state index in [0.717, 1.165) is 6.42 Å². The van der Waals surface area contributed by atoms with E-state index in [2.05, 4.69) is 5.32 Å². The van der Waals surface area contributed by atoms with E-state index in [-0.39, 0.29) is 17.9 Å². The third-order valence-corrected chi connectivity index (χ3v) is 1.78. The van der Waals surface area contributed by atoms with Gasteiger partial charge in [0.05, 0.1) is 12.5 Å². The number of amides is 1. The SMILES string of the molecule is COCCNC(=O)C1CC1N. The number of hydrogen-bond donors (Lipinski definition) is 2. The van der Waals surface area contributed by atoms with Crippen LogP contribution in [0.2, 0.25) is 0 Å². The number of hydrogen-bond acceptors (Lipinski definition) is 3. The zero-order chi connectivity index (χ0) is 8.27. The zero-order valence-electron chi connectivity index (χ0n) is 6.67. The molecule has 1 aliphatic rings. The summed E-state index contributed by atoms with van der Waals surface area (Å²) in [7, 11) is 1.61. The van der Waals surface area contributed by atoms with Crippen molar-refractivity contribution >= 4 is 5.91 Å². The van der Waals surface area contributed by atoms with Crippen molar-refractivity contribution in [2.24, 2.45) is 11.7 Å². The fourth-order valence-corrected chi connectivity index (χ4v) is 0.924. The lowest BCUT2D eigenvalue weighted by molar-refractivity contribution is -0.122. The molecule has 1 fully saturated rings. The first-order valence-corrected chi connectivity index (χ1v) is 3.78. The molecule has 1 rings (SSSR count). The molecule has 0 aromatic rings. The third-order valence-electron chi connectivity index (χ3n) is 1.78. The second-order valence-electron chi connectivity index (χ2n) is 2.79. The van der Waals surface area contributed by atoms with Crippen LogP contribution in [0.3, 0.4) is 0 Å². The Labute approximate surface area is 66.1 Å². The first kappa shape index (κ1) is 8.49. The summed E-state index contributed by atoms with van der Waals surface area (Å²) >= 11 is 0. The van der Waals surface area contributed by atoms with Crippen LogP contribution in [-0.2, 0) is 9.53 Å². The Kier molecular flexibility index (Phi) is 2.84. The first-order valence-electron chi connectivity index (χ1n) is 3.78. The predicted molar refractivity (Wildman–Crippen MR) is 41.0 cm³/mol. The molecule has 0 aliphatic heterocycles. The number of rotatable bonds is 4. The molecule has 0 radical (unpaired) electrons. The largest absolute Gasteiger partial charge is 0.383 e. The molecule has 11 heavy (non-hydrogen) atoms. The third kappa shape index (κ3) is 2.48. The van der Waals surface area contributed by atoms with Crippen molar-refractivity contribution in [3.05, 3.63) is 0 Å². The maximum absolute atomic E-state index is 11.0. The van der Waals surface area contributed by atoms with Gasteiger partial charge in [0.1, 0.15) is 0 Å². The maximum Gasteiger partial charge on any atom is 0.224 e. The molecule has 0 aromatic heterocycles. The summed E-state index contributed by atoms with van der Waals surface area (Å²) < 4.78 is 4.77. The minimum absolute atomic E-state index is 0.0619. The highest BCUT2D eigenvalue weighted by Gasteiger charge is 2.39. The van der Waals surface area contributed by atoms with Crippen LogP contribution in [0.25, 0.3) is 0 Å². The lowest BCUT2D eigenvalue weighted by atomic mass is 10.4. The topological polar surface area (TPSA) is 64.3 Å². The molecule has 2 unspecified atom stereocenters. The Morgan fingerprint density at radius 2 is 2.45 bits per heavy atom. The molecule has 64 valence electrons. The summed E-state index contributed by atoms with van der Waals surface area (Å²) in [5, 5.41) is 2.73. The van der Waals surface area contributed by atoms with E-state index in [0.29, 0.717) is 13.2 Å². The van der Waals surface area contributed by atoms with E-state index in [1.807, 2.05) is 0 Å². The standard InChI is InChI=1S/C7H14N2O2/c1-11-3-2-9-7(10)5-4-6(5)8/h5-6H,2-4,8H2,1H3,(H,9,10). The number of carbonyl (C=O) groups excluding carboxylic acids is 1. The van der Waals surface area contributed by atoms with Gasteiger partial charge < -0.3 is 15.8 Å². The molecule has 0 bridgehead atoms. The van der Waals surface area contributed by atoms with Crippen molar-refractivity contribution in [2.45, 2.75) is 12.5 Å². The number of nitrogens with one attached hydrogen (secondary N) is 1. The summed E-state index contributed by atoms with van der Waals surface area (Å²) in [5.41, 5.74) is 5.48. The van der Waals surface area contributed by atoms with Gasteiger partial charge in [0.25, 0.3) is 0 Å². The number of nitrogens with two attached hydrogens (primary N) is 1. The maximum atomic E-state index is 11.0. The second kappa shape index (κ2) is 3.69. The molecule has 2 atom stereocenters. The van der Waals surface area contributed by atoms with E-state index in [1.54, 1.807) is 7.11 Å². The Morgan fingerprint density at radius 3 is 2.91 bits per heavy atom. The molecule has 1 aliphatic carbocycles. The van der Waals surface area contributed by atoms with Crippen molar-refractivity contribution in [1.82, 2.24) is 5.32 Å². The molecule has 0 spiro atoms. The summed E-state index contributed by atoms with van der Waals surface area (Å²) in [6.07, 6.45) is 0.832. The van der Waals surface area contributed by atoms with E-state index >= 15 is 0 Å². The average Bonchev–Trinajstić information content (AvgIpc) is 2.67. The summed E-state index contributed by atoms with van der Waals surface area (Å²) in [4.78, 5) is 11.0. The van der Waals surface area contributed by atoms with E-state index in [1.165, 1.54) is 0 Å². The minimum Gasteiger partial charge on any atom is -0.383 e. The van der Waals surface area contributed by atoms with Crippen molar-refractivity contribution in [3.63, 3.8) is 0 Å². The fourth-order valence-electron chi connectivity index (χ4n) is 0.924. The molecule has 0 aromatic carbocycles. The molecule has 3 N–H and O–H groups in total. The molecule has 0 heterocycles. The van der Waals surface area contributed by atoms with Gasteiger partial charge in [-0.2, -0.15) is 0 Å². The predicted octanol–water partition coefficient (Wildman–Crippen LogP) is -0.904. The quantitative estimate of drug-likeness (QED) is 0.521. The molecule has 1 amide bonds. The fraction of sp³-hybridized carbons (Fsp3) is 0.857. The van der Waals surface area contributed by atoms with E-state index < -0.39 is 0 Å². The van der Waals surface area contributed by atoms with Crippen LogP contribution in [0.1, 0.15) is 6.42 Å². The molecule has 4 nitrogen and oxygen atoms in total. The van der Waals surface area contributed by atoms with Gasteiger partial charge in [0, 0.05) is 19.7 Å². The van der Waals surface area contributed by atoms with Crippen LogP contribution in [0, 0.1) is 5.92 Å². The van der Waals surface area contributed by atoms with Gasteiger partial charge in [-0.05, 0) is 6.42 Å². The number of methoxy groups -OCH3 is 1. The Hall–Kier alpha value is -0.610. The van der Waals surface area contributed by atoms with Crippen LogP contribution in [0.4, 0.5) is 0 Å². The van der Waals surface area contributed by atoms with Crippen molar-refractivity contribution in [1.29, 1.82) is 0 Å². The van der Waals surface area contributed by atoms with Crippen molar-refractivity contribution in [3.8, 4) is 0 Å². The highest BCUT2D eigenvalue weighted by Crippen LogP contribution is 2.27. The molecule has 1 saturated carbocycles. The lowest BCUT2D eigenvalue weighted by Crippen LogP contribution is -2.30. The van der Waals surface area contributed by atoms with Crippen LogP contribution in [0.15, 0.2) is 0 Å². The smallest absolute Gasteiger partial charge is 0.224 e. The summed E-state index contributed by atoms with van der Waals surface area (Å²) in [6.45, 7) is 1.15. The van der Waals surface area contributed by atoms with Gasteiger partial charge in [0.15, 0.2) is 0 Å². The number of ether oxygens (including phenoxy) is 1. The van der Waals surface area contributed by atoms with Gasteiger partial charge in [-0.25, -0.2) is 0 Å². The normalized spacial score (nSPS) is 28.2.